The van der Waals surface area contributed by atoms with Crippen LogP contribution >= 0.6 is 23.2 Å². The Morgan fingerprint density at radius 1 is 1.00 bits per heavy atom. The van der Waals surface area contributed by atoms with Gasteiger partial charge in [0.05, 0.1) is 12.2 Å². The first kappa shape index (κ1) is 24.3. The van der Waals surface area contributed by atoms with E-state index in [-0.39, 0.29) is 24.0 Å². The van der Waals surface area contributed by atoms with Crippen molar-refractivity contribution in [1.29, 1.82) is 0 Å². The lowest BCUT2D eigenvalue weighted by atomic mass is 9.74. The van der Waals surface area contributed by atoms with Crippen molar-refractivity contribution in [2.24, 2.45) is 5.92 Å². The molecule has 0 unspecified atom stereocenters. The molecule has 34 heavy (non-hydrogen) atoms. The van der Waals surface area contributed by atoms with E-state index in [1.807, 2.05) is 49.4 Å². The standard InChI is InChI=1S/C28H26Cl2O4/c1-17(2)23-15-24(19-9-6-10-20(29)13-19)27(18-7-4-3-5-8-18)34-28(23)22-12-11-21(30)14-25(22)33-16-26(31)32/h3-14,23-24,27-28H,1,15-16H2,2H3,(H,31,32)/t23-,24-,27+,28-/m1/s1. The summed E-state index contributed by atoms with van der Waals surface area (Å²) in [5, 5.41) is 10.3. The molecule has 0 radical (unpaired) electrons. The molecule has 0 amide bonds. The summed E-state index contributed by atoms with van der Waals surface area (Å²) in [6.45, 7) is 5.78. The molecular formula is C28H26Cl2O4. The second-order valence-corrected chi connectivity index (χ2v) is 9.48. The molecular weight excluding hydrogens is 471 g/mol. The van der Waals surface area contributed by atoms with E-state index in [2.05, 4.69) is 24.8 Å². The molecule has 1 heterocycles. The lowest BCUT2D eigenvalue weighted by Crippen LogP contribution is -2.31. The largest absolute Gasteiger partial charge is 0.481 e. The molecule has 4 rings (SSSR count). The van der Waals surface area contributed by atoms with Crippen LogP contribution in [0.1, 0.15) is 48.2 Å². The first-order valence-corrected chi connectivity index (χ1v) is 11.8. The Balaban J connectivity index is 1.79. The Bertz CT molecular complexity index is 1180. The van der Waals surface area contributed by atoms with Crippen LogP contribution in [-0.4, -0.2) is 17.7 Å². The van der Waals surface area contributed by atoms with E-state index < -0.39 is 12.6 Å². The van der Waals surface area contributed by atoms with Gasteiger partial charge in [0.1, 0.15) is 5.75 Å². The number of carboxylic acids is 1. The molecule has 0 bridgehead atoms. The third-order valence-electron chi connectivity index (χ3n) is 6.20. The van der Waals surface area contributed by atoms with Crippen LogP contribution in [-0.2, 0) is 9.53 Å². The summed E-state index contributed by atoms with van der Waals surface area (Å²) in [6, 6.07) is 23.2. The van der Waals surface area contributed by atoms with Crippen molar-refractivity contribution in [2.75, 3.05) is 6.61 Å². The molecule has 0 spiro atoms. The number of hydrogen-bond acceptors (Lipinski definition) is 3. The maximum absolute atomic E-state index is 11.2. The summed E-state index contributed by atoms with van der Waals surface area (Å²) < 4.78 is 12.5. The van der Waals surface area contributed by atoms with E-state index in [4.69, 9.17) is 37.8 Å². The van der Waals surface area contributed by atoms with Gasteiger partial charge in [-0.1, -0.05) is 83.9 Å². The van der Waals surface area contributed by atoms with E-state index >= 15 is 0 Å². The van der Waals surface area contributed by atoms with Gasteiger partial charge in [0.25, 0.3) is 0 Å². The van der Waals surface area contributed by atoms with Crippen LogP contribution in [0.2, 0.25) is 10.0 Å². The number of carboxylic acid groups (broad SMARTS) is 1. The minimum atomic E-state index is -1.06. The lowest BCUT2D eigenvalue weighted by Gasteiger charge is -2.43. The normalized spacial score (nSPS) is 22.2. The summed E-state index contributed by atoms with van der Waals surface area (Å²) in [4.78, 5) is 11.2. The molecule has 0 saturated carbocycles. The topological polar surface area (TPSA) is 55.8 Å². The van der Waals surface area contributed by atoms with Gasteiger partial charge in [0, 0.05) is 27.4 Å². The van der Waals surface area contributed by atoms with Crippen molar-refractivity contribution < 1.29 is 19.4 Å². The third kappa shape index (κ3) is 5.47. The predicted molar refractivity (Wildman–Crippen MR) is 135 cm³/mol. The number of hydrogen-bond donors (Lipinski definition) is 1. The SMILES string of the molecule is C=C(C)[C@H]1C[C@H](c2cccc(Cl)c2)[C@H](c2ccccc2)O[C@@H]1c1ccc(Cl)cc1OCC(=O)O. The molecule has 1 aliphatic rings. The fourth-order valence-corrected chi connectivity index (χ4v) is 4.99. The van der Waals surface area contributed by atoms with Crippen molar-refractivity contribution in [3.63, 3.8) is 0 Å². The lowest BCUT2D eigenvalue weighted by molar-refractivity contribution is -0.139. The van der Waals surface area contributed by atoms with Gasteiger partial charge >= 0.3 is 5.97 Å². The van der Waals surface area contributed by atoms with Crippen LogP contribution < -0.4 is 4.74 Å². The van der Waals surface area contributed by atoms with Gasteiger partial charge in [0.2, 0.25) is 0 Å². The Hall–Kier alpha value is -2.79. The van der Waals surface area contributed by atoms with Gasteiger partial charge in [-0.25, -0.2) is 4.79 Å². The number of ether oxygens (including phenoxy) is 2. The number of aliphatic carboxylic acids is 1. The minimum Gasteiger partial charge on any atom is -0.481 e. The van der Waals surface area contributed by atoms with Crippen molar-refractivity contribution in [1.82, 2.24) is 0 Å². The van der Waals surface area contributed by atoms with Crippen LogP contribution in [0.3, 0.4) is 0 Å². The van der Waals surface area contributed by atoms with Gasteiger partial charge in [-0.2, -0.15) is 0 Å². The van der Waals surface area contributed by atoms with E-state index in [0.29, 0.717) is 15.8 Å². The maximum atomic E-state index is 11.2. The van der Waals surface area contributed by atoms with Gasteiger partial charge in [0.15, 0.2) is 6.61 Å². The monoisotopic (exact) mass is 496 g/mol. The van der Waals surface area contributed by atoms with Crippen LogP contribution in [0.25, 0.3) is 0 Å². The maximum Gasteiger partial charge on any atom is 0.341 e. The highest BCUT2D eigenvalue weighted by atomic mass is 35.5. The van der Waals surface area contributed by atoms with Crippen LogP contribution in [0, 0.1) is 5.92 Å². The van der Waals surface area contributed by atoms with Crippen LogP contribution in [0.15, 0.2) is 84.9 Å². The van der Waals surface area contributed by atoms with Crippen molar-refractivity contribution in [3.8, 4) is 5.75 Å². The Kier molecular flexibility index (Phi) is 7.62. The molecule has 176 valence electrons. The summed E-state index contributed by atoms with van der Waals surface area (Å²) in [6.07, 6.45) is 0.142. The van der Waals surface area contributed by atoms with Crippen molar-refractivity contribution >= 4 is 29.2 Å². The van der Waals surface area contributed by atoms with E-state index in [1.165, 1.54) is 0 Å². The highest BCUT2D eigenvalue weighted by Crippen LogP contribution is 2.53. The highest BCUT2D eigenvalue weighted by Gasteiger charge is 2.41. The van der Waals surface area contributed by atoms with Gasteiger partial charge in [-0.15, -0.1) is 0 Å². The Morgan fingerprint density at radius 3 is 2.38 bits per heavy atom. The summed E-state index contributed by atoms with van der Waals surface area (Å²) in [7, 11) is 0. The molecule has 6 heteroatoms. The first-order valence-electron chi connectivity index (χ1n) is 11.1. The quantitative estimate of drug-likeness (QED) is 0.341. The molecule has 0 aliphatic carbocycles. The summed E-state index contributed by atoms with van der Waals surface area (Å²) in [5.74, 6) is -0.638. The second-order valence-electron chi connectivity index (χ2n) is 8.60. The highest BCUT2D eigenvalue weighted by molar-refractivity contribution is 6.31. The number of benzene rings is 3. The Labute approximate surface area is 209 Å². The third-order valence-corrected chi connectivity index (χ3v) is 6.67. The van der Waals surface area contributed by atoms with Gasteiger partial charge in [-0.05, 0) is 48.7 Å². The van der Waals surface area contributed by atoms with E-state index in [9.17, 15) is 4.79 Å². The fraction of sp³-hybridized carbons (Fsp3) is 0.250. The molecule has 4 nitrogen and oxygen atoms in total. The zero-order valence-electron chi connectivity index (χ0n) is 18.8. The average Bonchev–Trinajstić information content (AvgIpc) is 2.82. The molecule has 0 aromatic heterocycles. The zero-order valence-corrected chi connectivity index (χ0v) is 20.3. The number of rotatable bonds is 7. The van der Waals surface area contributed by atoms with Crippen LogP contribution in [0.4, 0.5) is 0 Å². The molecule has 1 saturated heterocycles. The van der Waals surface area contributed by atoms with Crippen LogP contribution in [0.5, 0.6) is 5.75 Å². The van der Waals surface area contributed by atoms with E-state index in [1.54, 1.807) is 12.1 Å². The van der Waals surface area contributed by atoms with Gasteiger partial charge < -0.3 is 14.6 Å². The molecule has 1 fully saturated rings. The van der Waals surface area contributed by atoms with E-state index in [0.717, 1.165) is 28.7 Å². The second kappa shape index (κ2) is 10.6. The van der Waals surface area contributed by atoms with Crippen molar-refractivity contribution in [2.45, 2.75) is 31.5 Å². The Morgan fingerprint density at radius 2 is 1.71 bits per heavy atom. The first-order chi connectivity index (χ1) is 16.3. The smallest absolute Gasteiger partial charge is 0.341 e. The van der Waals surface area contributed by atoms with Gasteiger partial charge in [-0.3, -0.25) is 0 Å². The average molecular weight is 497 g/mol. The minimum absolute atomic E-state index is 0.0303. The fourth-order valence-electron chi connectivity index (χ4n) is 4.63. The van der Waals surface area contributed by atoms with Crippen molar-refractivity contribution in [3.05, 3.63) is 112 Å². The molecule has 3 aromatic rings. The molecule has 1 N–H and O–H groups in total. The summed E-state index contributed by atoms with van der Waals surface area (Å²) >= 11 is 12.6. The number of carbonyl (C=O) groups is 1. The molecule has 1 aliphatic heterocycles. The summed E-state index contributed by atoms with van der Waals surface area (Å²) in [5.41, 5.74) is 3.89. The number of halogens is 2. The molecule has 4 atom stereocenters. The predicted octanol–water partition coefficient (Wildman–Crippen LogP) is 7.64. The molecule has 3 aromatic carbocycles. The zero-order chi connectivity index (χ0) is 24.2.